The maximum atomic E-state index is 12.7. The first-order valence-electron chi connectivity index (χ1n) is 20.4. The van der Waals surface area contributed by atoms with Crippen LogP contribution in [0.25, 0.3) is 0 Å². The van der Waals surface area contributed by atoms with Crippen molar-refractivity contribution in [3.8, 4) is 0 Å². The number of aliphatic hydroxyl groups is 1. The second kappa shape index (κ2) is 29.8. The zero-order valence-corrected chi connectivity index (χ0v) is 34.9. The van der Waals surface area contributed by atoms with Gasteiger partial charge in [0.2, 0.25) is 0 Å². The average molecular weight is 783 g/mol. The number of unbranched alkanes of at least 4 members (excludes halogenated alkanes) is 10. The molecule has 0 amide bonds. The molecule has 54 heavy (non-hydrogen) atoms. The van der Waals surface area contributed by atoms with Gasteiger partial charge in [-0.15, -0.1) is 0 Å². The van der Waals surface area contributed by atoms with Crippen molar-refractivity contribution >= 4 is 25.5 Å². The number of phosphoric ester groups is 1. The van der Waals surface area contributed by atoms with Crippen LogP contribution in [0.4, 0.5) is 0 Å². The minimum absolute atomic E-state index is 0.00710. The van der Waals surface area contributed by atoms with Crippen LogP contribution >= 0.6 is 7.82 Å². The predicted molar refractivity (Wildman–Crippen MR) is 214 cm³/mol. The Labute approximate surface area is 326 Å². The summed E-state index contributed by atoms with van der Waals surface area (Å²) in [5, 5.41) is 10.2. The number of ketones is 1. The molecule has 0 spiro atoms. The fourth-order valence-corrected chi connectivity index (χ4v) is 6.43. The lowest BCUT2D eigenvalue weighted by atomic mass is 9.90. The van der Waals surface area contributed by atoms with Crippen molar-refractivity contribution in [2.75, 3.05) is 47.5 Å². The highest BCUT2D eigenvalue weighted by atomic mass is 31.2. The monoisotopic (exact) mass is 782 g/mol. The zero-order chi connectivity index (χ0) is 40.1. The molecule has 11 nitrogen and oxygen atoms in total. The number of allylic oxidation sites excluding steroid dienone is 7. The van der Waals surface area contributed by atoms with Gasteiger partial charge >= 0.3 is 19.8 Å². The first-order valence-corrected chi connectivity index (χ1v) is 21.9. The molecule has 310 valence electrons. The molecule has 1 unspecified atom stereocenters. The van der Waals surface area contributed by atoms with Gasteiger partial charge < -0.3 is 24.0 Å². The van der Waals surface area contributed by atoms with E-state index in [1.54, 1.807) is 12.2 Å². The molecule has 0 fully saturated rings. The summed E-state index contributed by atoms with van der Waals surface area (Å²) < 4.78 is 34.1. The molecule has 1 aliphatic rings. The van der Waals surface area contributed by atoms with Gasteiger partial charge in [-0.3, -0.25) is 23.4 Å². The third kappa shape index (κ3) is 27.2. The van der Waals surface area contributed by atoms with Gasteiger partial charge in [0.25, 0.3) is 0 Å². The van der Waals surface area contributed by atoms with E-state index >= 15 is 0 Å². The predicted octanol–water partition coefficient (Wildman–Crippen LogP) is 8.74. The summed E-state index contributed by atoms with van der Waals surface area (Å²) in [6.45, 7) is 4.01. The normalized spacial score (nSPS) is 18.5. The molecule has 0 aromatic rings. The summed E-state index contributed by atoms with van der Waals surface area (Å²) in [4.78, 5) is 47.8. The minimum atomic E-state index is -4.43. The Morgan fingerprint density at radius 2 is 1.48 bits per heavy atom. The number of carbonyl (C=O) groups excluding carboxylic acids is 3. The lowest BCUT2D eigenvalue weighted by molar-refractivity contribution is -0.870. The maximum Gasteiger partial charge on any atom is 0.472 e. The Morgan fingerprint density at radius 1 is 0.833 bits per heavy atom. The summed E-state index contributed by atoms with van der Waals surface area (Å²) >= 11 is 0. The van der Waals surface area contributed by atoms with Gasteiger partial charge in [0.15, 0.2) is 11.9 Å². The van der Waals surface area contributed by atoms with E-state index in [-0.39, 0.29) is 43.7 Å². The number of esters is 2. The number of nitrogens with zero attached hydrogens (tertiary/aromatic N) is 1. The Hall–Kier alpha value is -2.40. The number of carbonyl (C=O) groups is 3. The standard InChI is InChI=1S/C42H72NO10P/c1-6-8-10-11-12-13-14-15-16-17-22-26-41(46)50-34-38(35-52-54(48,49)51-33-32-43(3,4)5)53-42(47)27-23-19-18-21-24-36-28-31-40(45)39(36)30-29-37(44)25-20-9-7-2/h11-12,18,21,28-31,36-39,44H,6-10,13-17,19-20,22-27,32-35H2,1-5H3/p+1/b12-11-,21-18-,30-29+/t36-,37-,38+,39+/m0/s1. The van der Waals surface area contributed by atoms with Crippen molar-refractivity contribution in [1.29, 1.82) is 0 Å². The number of quaternary nitrogens is 1. The van der Waals surface area contributed by atoms with Gasteiger partial charge in [0.1, 0.15) is 19.8 Å². The van der Waals surface area contributed by atoms with E-state index in [0.717, 1.165) is 57.8 Å². The highest BCUT2D eigenvalue weighted by Gasteiger charge is 2.28. The summed E-state index contributed by atoms with van der Waals surface area (Å²) in [5.74, 6) is -1.19. The van der Waals surface area contributed by atoms with E-state index in [2.05, 4.69) is 26.0 Å². The topological polar surface area (TPSA) is 146 Å². The van der Waals surface area contributed by atoms with Gasteiger partial charge in [-0.2, -0.15) is 0 Å². The van der Waals surface area contributed by atoms with Crippen LogP contribution in [-0.4, -0.2) is 91.9 Å². The van der Waals surface area contributed by atoms with Crippen molar-refractivity contribution < 1.29 is 52.0 Å². The molecule has 12 heteroatoms. The largest absolute Gasteiger partial charge is 0.472 e. The van der Waals surface area contributed by atoms with Crippen LogP contribution in [0, 0.1) is 11.8 Å². The number of phosphoric acid groups is 1. The molecule has 0 radical (unpaired) electrons. The van der Waals surface area contributed by atoms with E-state index < -0.39 is 38.6 Å². The third-order valence-corrected chi connectivity index (χ3v) is 10.1. The molecule has 2 N–H and O–H groups in total. The SMILES string of the molecule is CCCC/C=C\CCCCCCCC(=O)OC[C@H](COP(=O)(O)OCC[N+](C)(C)C)OC(=O)CCC/C=C\C[C@H]1C=CC(=O)[C@@H]1/C=C/[C@@H](O)CCCCC. The molecular formula is C42H73NO10P+. The molecule has 0 saturated heterocycles. The first kappa shape index (κ1) is 49.6. The molecule has 1 aliphatic carbocycles. The summed E-state index contributed by atoms with van der Waals surface area (Å²) in [5.41, 5.74) is 0. The Bertz CT molecular complexity index is 1210. The molecule has 5 atom stereocenters. The third-order valence-electron chi connectivity index (χ3n) is 9.08. The van der Waals surface area contributed by atoms with E-state index in [4.69, 9.17) is 18.5 Å². The van der Waals surface area contributed by atoms with Gasteiger partial charge in [0, 0.05) is 18.8 Å². The van der Waals surface area contributed by atoms with E-state index in [9.17, 15) is 28.9 Å². The molecule has 1 rings (SSSR count). The fourth-order valence-electron chi connectivity index (χ4n) is 5.69. The number of aliphatic hydroxyl groups excluding tert-OH is 1. The second-order valence-electron chi connectivity index (χ2n) is 15.3. The first-order chi connectivity index (χ1) is 25.8. The molecular weight excluding hydrogens is 709 g/mol. The summed E-state index contributed by atoms with van der Waals surface area (Å²) in [6.07, 6.45) is 29.4. The number of hydrogen-bond acceptors (Lipinski definition) is 9. The number of likely N-dealkylation sites (N-methyl/N-ethyl adjacent to an activating group) is 1. The molecule has 0 saturated carbocycles. The Morgan fingerprint density at radius 3 is 2.20 bits per heavy atom. The van der Waals surface area contributed by atoms with Crippen LogP contribution in [-0.2, 0) is 37.5 Å². The van der Waals surface area contributed by atoms with Crippen LogP contribution in [0.3, 0.4) is 0 Å². The molecule has 0 aromatic heterocycles. The lowest BCUT2D eigenvalue weighted by Gasteiger charge is -2.24. The number of ether oxygens (including phenoxy) is 2. The molecule has 0 heterocycles. The zero-order valence-electron chi connectivity index (χ0n) is 34.0. The van der Waals surface area contributed by atoms with Crippen molar-refractivity contribution in [2.24, 2.45) is 11.8 Å². The highest BCUT2D eigenvalue weighted by molar-refractivity contribution is 7.47. The van der Waals surface area contributed by atoms with Crippen molar-refractivity contribution in [3.63, 3.8) is 0 Å². The van der Waals surface area contributed by atoms with Crippen LogP contribution < -0.4 is 0 Å². The molecule has 0 bridgehead atoms. The smallest absolute Gasteiger partial charge is 0.462 e. The quantitative estimate of drug-likeness (QED) is 0.0218. The summed E-state index contributed by atoms with van der Waals surface area (Å²) in [7, 11) is 1.34. The molecule has 0 aromatic carbocycles. The van der Waals surface area contributed by atoms with E-state index in [0.29, 0.717) is 43.1 Å². The highest BCUT2D eigenvalue weighted by Crippen LogP contribution is 2.43. The minimum Gasteiger partial charge on any atom is -0.462 e. The maximum absolute atomic E-state index is 12.7. The lowest BCUT2D eigenvalue weighted by Crippen LogP contribution is -2.37. The van der Waals surface area contributed by atoms with E-state index in [1.807, 2.05) is 45.4 Å². The number of rotatable bonds is 33. The van der Waals surface area contributed by atoms with Crippen LogP contribution in [0.1, 0.15) is 129 Å². The van der Waals surface area contributed by atoms with Gasteiger partial charge in [0.05, 0.1) is 33.9 Å². The van der Waals surface area contributed by atoms with Gasteiger partial charge in [-0.05, 0) is 63.4 Å². The van der Waals surface area contributed by atoms with Gasteiger partial charge in [-0.25, -0.2) is 4.57 Å². The fraction of sp³-hybridized carbons (Fsp3) is 0.738. The Kier molecular flexibility index (Phi) is 27.4. The van der Waals surface area contributed by atoms with Crippen LogP contribution in [0.5, 0.6) is 0 Å². The van der Waals surface area contributed by atoms with Crippen LogP contribution in [0.2, 0.25) is 0 Å². The summed E-state index contributed by atoms with van der Waals surface area (Å²) in [6, 6.07) is 0. The Balaban J connectivity index is 2.53. The van der Waals surface area contributed by atoms with Crippen molar-refractivity contribution in [3.05, 3.63) is 48.6 Å². The number of hydrogen-bond donors (Lipinski definition) is 2. The van der Waals surface area contributed by atoms with E-state index in [1.165, 1.54) is 12.8 Å². The molecule has 0 aliphatic heterocycles. The van der Waals surface area contributed by atoms with Crippen LogP contribution in [0.15, 0.2) is 48.6 Å². The van der Waals surface area contributed by atoms with Crippen molar-refractivity contribution in [2.45, 2.75) is 142 Å². The van der Waals surface area contributed by atoms with Crippen molar-refractivity contribution in [1.82, 2.24) is 0 Å². The van der Waals surface area contributed by atoms with Gasteiger partial charge in [-0.1, -0.05) is 108 Å². The second-order valence-corrected chi connectivity index (χ2v) is 16.8. The average Bonchev–Trinajstić information content (AvgIpc) is 3.46.